The van der Waals surface area contributed by atoms with Gasteiger partial charge in [-0.2, -0.15) is 0 Å². The Morgan fingerprint density at radius 3 is 1.56 bits per heavy atom. The second-order valence-corrected chi connectivity index (χ2v) is 29.2. The van der Waals surface area contributed by atoms with Crippen molar-refractivity contribution in [2.45, 2.75) is 78.6 Å². The van der Waals surface area contributed by atoms with E-state index in [2.05, 4.69) is 295 Å². The fourth-order valence-corrected chi connectivity index (χ4v) is 15.5. The van der Waals surface area contributed by atoms with Crippen LogP contribution in [0.2, 0.25) is 0 Å². The maximum absolute atomic E-state index is 9.55. The van der Waals surface area contributed by atoms with Crippen LogP contribution in [0, 0.1) is 0 Å². The van der Waals surface area contributed by atoms with Crippen LogP contribution in [0.15, 0.2) is 273 Å². The van der Waals surface area contributed by atoms with Gasteiger partial charge in [-0.3, -0.25) is 0 Å². The molecule has 95 heavy (non-hydrogen) atoms. The van der Waals surface area contributed by atoms with E-state index in [0.717, 1.165) is 144 Å². The monoisotopic (exact) mass is 1230 g/mol. The lowest BCUT2D eigenvalue weighted by molar-refractivity contribution is 0.569. The Bertz CT molecular complexity index is 6230. The number of benzene rings is 13. The van der Waals surface area contributed by atoms with E-state index in [1.54, 1.807) is 4.57 Å². The van der Waals surface area contributed by atoms with Crippen molar-refractivity contribution in [1.82, 2.24) is 14.1 Å². The van der Waals surface area contributed by atoms with E-state index in [0.29, 0.717) is 5.69 Å². The van der Waals surface area contributed by atoms with E-state index < -0.39 is 24.2 Å². The molecule has 13 aromatic carbocycles. The molecule has 0 saturated heterocycles. The van der Waals surface area contributed by atoms with E-state index in [1.807, 2.05) is 6.07 Å². The van der Waals surface area contributed by atoms with Crippen LogP contribution in [-0.2, 0) is 16.2 Å². The molecule has 0 bridgehead atoms. The predicted molar refractivity (Wildman–Crippen MR) is 407 cm³/mol. The first-order chi connectivity index (χ1) is 49.3. The van der Waals surface area contributed by atoms with Crippen molar-refractivity contribution in [3.63, 3.8) is 0 Å². The zero-order chi connectivity index (χ0) is 71.4. The Morgan fingerprint density at radius 2 is 0.905 bits per heavy atom. The van der Waals surface area contributed by atoms with E-state index in [1.165, 1.54) is 11.1 Å². The first-order valence-corrected chi connectivity index (χ1v) is 33.1. The molecule has 0 unspecified atom stereocenters. The lowest BCUT2D eigenvalue weighted by Gasteiger charge is -2.41. The van der Waals surface area contributed by atoms with Crippen LogP contribution in [0.25, 0.3) is 132 Å². The highest BCUT2D eigenvalue weighted by atomic mass is 15.2. The maximum atomic E-state index is 9.55. The molecule has 3 aromatic heterocycles. The second kappa shape index (κ2) is 20.8. The van der Waals surface area contributed by atoms with Crippen molar-refractivity contribution in [2.75, 3.05) is 4.90 Å². The largest absolute Gasteiger partial charge is 0.354 e. The predicted octanol–water partition coefficient (Wildman–Crippen LogP) is 22.4. The van der Waals surface area contributed by atoms with Gasteiger partial charge in [0.1, 0.15) is 0 Å². The Hall–Kier alpha value is -10.9. The van der Waals surface area contributed by atoms with Crippen LogP contribution in [0.3, 0.4) is 0 Å². The SMILES string of the molecule is [2H]c1c([2H])c([2H])c2c(c1[2H])c1c([2H])c([2H])c([2H])c([2H])c1n2-c1ccc2c(c1)c1cc(C(C)(C)C)cc3c1n2-c1cc2[nH]c4c(-c5ccccc5-c5ccccc5-c5ccccc5)cccc4c2c2c1B3c1ccc(-c3cc(C(C)(C)C)cc(C(C)(C)C)c3)cc1N2c1ccc(-c2ccccc2)cc1. The molecule has 1 N–H and O–H groups in total. The normalized spacial score (nSPS) is 14.2. The molecule has 0 saturated carbocycles. The molecule has 5 heteroatoms. The van der Waals surface area contributed by atoms with Gasteiger partial charge in [-0.05, 0) is 160 Å². The van der Waals surface area contributed by atoms with Gasteiger partial charge in [0.15, 0.2) is 0 Å². The van der Waals surface area contributed by atoms with Crippen molar-refractivity contribution >= 4 is 106 Å². The number of aromatic nitrogens is 3. The number of hydrogen-bond acceptors (Lipinski definition) is 1. The molecule has 18 rings (SSSR count). The minimum atomic E-state index is -0.479. The molecule has 0 fully saturated rings. The van der Waals surface area contributed by atoms with Crippen LogP contribution < -0.4 is 21.3 Å². The highest BCUT2D eigenvalue weighted by molar-refractivity contribution is 7.00. The summed E-state index contributed by atoms with van der Waals surface area (Å²) < 4.78 is 77.6. The summed E-state index contributed by atoms with van der Waals surface area (Å²) in [4.78, 5) is 6.75. The van der Waals surface area contributed by atoms with Gasteiger partial charge in [0.25, 0.3) is 6.71 Å². The number of H-pyrrole nitrogens is 1. The van der Waals surface area contributed by atoms with Crippen molar-refractivity contribution < 1.29 is 11.0 Å². The highest BCUT2D eigenvalue weighted by Gasteiger charge is 2.45. The topological polar surface area (TPSA) is 28.9 Å². The molecule has 0 radical (unpaired) electrons. The van der Waals surface area contributed by atoms with E-state index in [9.17, 15) is 5.48 Å². The first kappa shape index (κ1) is 48.8. The van der Waals surface area contributed by atoms with Crippen molar-refractivity contribution in [2.24, 2.45) is 0 Å². The molecule has 456 valence electrons. The Morgan fingerprint density at radius 1 is 0.358 bits per heavy atom. The highest BCUT2D eigenvalue weighted by Crippen LogP contribution is 2.51. The molecule has 0 atom stereocenters. The van der Waals surface area contributed by atoms with Gasteiger partial charge in [-0.15, -0.1) is 0 Å². The van der Waals surface area contributed by atoms with E-state index in [4.69, 9.17) is 5.48 Å². The third-order valence-electron chi connectivity index (χ3n) is 20.3. The molecular weight excluding hydrogens is 1150 g/mol. The van der Waals surface area contributed by atoms with E-state index in [-0.39, 0.29) is 68.9 Å². The lowest BCUT2D eigenvalue weighted by Crippen LogP contribution is -2.60. The first-order valence-electron chi connectivity index (χ1n) is 37.1. The van der Waals surface area contributed by atoms with Gasteiger partial charge in [0.05, 0.1) is 44.2 Å². The molecular formula is C90H73BN4. The summed E-state index contributed by atoms with van der Waals surface area (Å²) in [5.41, 5.74) is 26.3. The number of hydrogen-bond donors (Lipinski definition) is 1. The summed E-state index contributed by atoms with van der Waals surface area (Å²) in [5.74, 6) is 0. The fraction of sp³-hybridized carbons (Fsp3) is 0.133. The number of fused-ring (bicyclic) bond motifs is 14. The van der Waals surface area contributed by atoms with Gasteiger partial charge in [0, 0.05) is 66.1 Å². The molecule has 2 aliphatic heterocycles. The second-order valence-electron chi connectivity index (χ2n) is 29.2. The average Bonchev–Trinajstić information content (AvgIpc) is 1.60. The molecule has 0 aliphatic carbocycles. The summed E-state index contributed by atoms with van der Waals surface area (Å²) >= 11 is 0. The van der Waals surface area contributed by atoms with Crippen molar-refractivity contribution in [3.8, 4) is 67.0 Å². The Balaban J connectivity index is 0.987. The summed E-state index contributed by atoms with van der Waals surface area (Å²) in [6.07, 6.45) is 0. The minimum Gasteiger partial charge on any atom is -0.354 e. The molecule has 0 spiro atoms. The minimum absolute atomic E-state index is 0.0390. The third kappa shape index (κ3) is 8.81. The third-order valence-corrected chi connectivity index (χ3v) is 20.3. The quantitative estimate of drug-likeness (QED) is 0.158. The van der Waals surface area contributed by atoms with Crippen LogP contribution in [0.5, 0.6) is 0 Å². The zero-order valence-corrected chi connectivity index (χ0v) is 54.8. The number of para-hydroxylation sites is 3. The molecule has 4 nitrogen and oxygen atoms in total. The summed E-state index contributed by atoms with van der Waals surface area (Å²) in [6.45, 7) is 20.3. The van der Waals surface area contributed by atoms with Gasteiger partial charge in [0.2, 0.25) is 0 Å². The number of anilines is 3. The lowest BCUT2D eigenvalue weighted by atomic mass is 9.33. The van der Waals surface area contributed by atoms with Gasteiger partial charge in [-0.25, -0.2) is 0 Å². The smallest absolute Gasteiger partial charge is 0.252 e. The van der Waals surface area contributed by atoms with E-state index >= 15 is 0 Å². The standard InChI is InChI=1S/C90H73BN4/c1-88(2,3)60-47-59(48-61(50-60)89(4,5)6)58-41-45-75-81(49-58)94(63-42-39-56(40-43-63)55-25-12-10-13-26-55)87-83-72-36-24-35-71(68-32-19-18-31-67(68)66-30-17-16-29-65(66)57-27-14-11-15-28-57)85(72)92-77(83)54-82-84(87)91(75)76-52-62(90(7,8)9)51-74-73-53-64(44-46-80(73)95(82)86(74)76)93-78-37-22-20-33-69(78)70-34-21-23-38-79(70)93/h10-54,92H,1-9H3/i20D,21D,22D,23D,33D,34D,37D,38D. The summed E-state index contributed by atoms with van der Waals surface area (Å²) in [7, 11) is 0. The fourth-order valence-electron chi connectivity index (χ4n) is 15.5. The van der Waals surface area contributed by atoms with Gasteiger partial charge >= 0.3 is 0 Å². The van der Waals surface area contributed by atoms with Gasteiger partial charge < -0.3 is 19.0 Å². The molecule has 2 aliphatic rings. The summed E-state index contributed by atoms with van der Waals surface area (Å²) in [6, 6.07) is 78.9. The number of nitrogens with zero attached hydrogens (tertiary/aromatic N) is 3. The van der Waals surface area contributed by atoms with Crippen molar-refractivity contribution in [3.05, 3.63) is 289 Å². The maximum Gasteiger partial charge on any atom is 0.252 e. The van der Waals surface area contributed by atoms with Crippen LogP contribution in [-0.4, -0.2) is 20.8 Å². The van der Waals surface area contributed by atoms with Crippen LogP contribution in [0.1, 0.15) is 90.0 Å². The number of nitrogens with one attached hydrogen (secondary N) is 1. The average molecular weight is 1230 g/mol. The van der Waals surface area contributed by atoms with Crippen molar-refractivity contribution in [1.29, 1.82) is 0 Å². The summed E-state index contributed by atoms with van der Waals surface area (Å²) in [5, 5.41) is 4.09. The van der Waals surface area contributed by atoms with Gasteiger partial charge in [-0.1, -0.05) is 274 Å². The zero-order valence-electron chi connectivity index (χ0n) is 62.8. The molecule has 5 heterocycles. The Labute approximate surface area is 567 Å². The number of rotatable bonds is 7. The number of aromatic amines is 1. The van der Waals surface area contributed by atoms with Crippen LogP contribution >= 0.6 is 0 Å². The molecule has 16 aromatic rings. The molecule has 0 amide bonds. The van der Waals surface area contributed by atoms with Crippen LogP contribution in [0.4, 0.5) is 17.1 Å². The Kier molecular flexibility index (Phi) is 10.7.